The number of ether oxygens (including phenoxy) is 1. The second-order valence-electron chi connectivity index (χ2n) is 8.47. The highest BCUT2D eigenvalue weighted by atomic mass is 32.2. The number of fused-ring (bicyclic) bond motifs is 3. The van der Waals surface area contributed by atoms with Gasteiger partial charge in [0.1, 0.15) is 17.7 Å². The van der Waals surface area contributed by atoms with Crippen molar-refractivity contribution >= 4 is 20.6 Å². The predicted octanol–water partition coefficient (Wildman–Crippen LogP) is 5.33. The van der Waals surface area contributed by atoms with E-state index in [9.17, 15) is 21.6 Å². The molecule has 0 spiro atoms. The number of halogens is 3. The molecule has 0 bridgehead atoms. The van der Waals surface area contributed by atoms with E-state index in [2.05, 4.69) is 0 Å². The van der Waals surface area contributed by atoms with E-state index in [1.807, 2.05) is 24.3 Å². The summed E-state index contributed by atoms with van der Waals surface area (Å²) in [4.78, 5) is 0.240. The summed E-state index contributed by atoms with van der Waals surface area (Å²) in [6.07, 6.45) is 0.533. The zero-order chi connectivity index (χ0) is 24.2. The van der Waals surface area contributed by atoms with Gasteiger partial charge >= 0.3 is 0 Å². The molecule has 0 aliphatic carbocycles. The fourth-order valence-corrected chi connectivity index (χ4v) is 5.00. The molecule has 34 heavy (non-hydrogen) atoms. The summed E-state index contributed by atoms with van der Waals surface area (Å²) in [5, 5.41) is 1.84. The van der Waals surface area contributed by atoms with Crippen LogP contribution in [-0.4, -0.2) is 20.7 Å². The van der Waals surface area contributed by atoms with E-state index >= 15 is 0 Å². The Balaban J connectivity index is 1.55. The van der Waals surface area contributed by atoms with Crippen LogP contribution in [0.5, 0.6) is 5.75 Å². The SMILES string of the molecule is CS(=O)(=O)c1ccc(-c2ccc3ccc4c(c3c2)C[C@@H](N)[C@H](c2cc(F)c(F)cc2F)O4)cc1. The molecule has 0 saturated heterocycles. The van der Waals surface area contributed by atoms with Crippen molar-refractivity contribution in [3.63, 3.8) is 0 Å². The van der Waals surface area contributed by atoms with Gasteiger partial charge in [0, 0.05) is 23.4 Å². The third-order valence-corrected chi connectivity index (χ3v) is 7.26. The number of hydrogen-bond acceptors (Lipinski definition) is 4. The predicted molar refractivity (Wildman–Crippen MR) is 124 cm³/mol. The van der Waals surface area contributed by atoms with Crippen LogP contribution in [0.2, 0.25) is 0 Å². The highest BCUT2D eigenvalue weighted by Crippen LogP contribution is 2.40. The van der Waals surface area contributed by atoms with Crippen molar-refractivity contribution < 1.29 is 26.3 Å². The van der Waals surface area contributed by atoms with Crippen LogP contribution in [0.3, 0.4) is 0 Å². The van der Waals surface area contributed by atoms with Crippen LogP contribution in [-0.2, 0) is 16.3 Å². The smallest absolute Gasteiger partial charge is 0.175 e. The maximum Gasteiger partial charge on any atom is 0.175 e. The lowest BCUT2D eigenvalue weighted by Crippen LogP contribution is -2.38. The van der Waals surface area contributed by atoms with E-state index in [1.165, 1.54) is 0 Å². The van der Waals surface area contributed by atoms with E-state index in [-0.39, 0.29) is 10.5 Å². The van der Waals surface area contributed by atoms with Crippen molar-refractivity contribution in [1.29, 1.82) is 0 Å². The summed E-state index contributed by atoms with van der Waals surface area (Å²) in [6.45, 7) is 0. The first kappa shape index (κ1) is 22.4. The van der Waals surface area contributed by atoms with Gasteiger partial charge in [0.25, 0.3) is 0 Å². The fourth-order valence-electron chi connectivity index (χ4n) is 4.37. The average molecular weight is 484 g/mol. The molecule has 0 amide bonds. The molecule has 1 heterocycles. The van der Waals surface area contributed by atoms with Gasteiger partial charge in [0.15, 0.2) is 21.5 Å². The maximum absolute atomic E-state index is 14.4. The first-order valence-electron chi connectivity index (χ1n) is 10.5. The van der Waals surface area contributed by atoms with Gasteiger partial charge in [-0.3, -0.25) is 0 Å². The highest BCUT2D eigenvalue weighted by Gasteiger charge is 2.32. The van der Waals surface area contributed by atoms with Gasteiger partial charge in [-0.2, -0.15) is 0 Å². The van der Waals surface area contributed by atoms with E-state index in [0.717, 1.165) is 39.8 Å². The minimum Gasteiger partial charge on any atom is -0.484 e. The summed E-state index contributed by atoms with van der Waals surface area (Å²) in [7, 11) is -3.29. The van der Waals surface area contributed by atoms with Crippen molar-refractivity contribution in [2.45, 2.75) is 23.5 Å². The van der Waals surface area contributed by atoms with Crippen LogP contribution in [0.1, 0.15) is 17.2 Å². The summed E-state index contributed by atoms with van der Waals surface area (Å²) in [5.41, 5.74) is 8.74. The molecule has 0 radical (unpaired) electrons. The molecule has 4 nitrogen and oxygen atoms in total. The number of hydrogen-bond donors (Lipinski definition) is 1. The van der Waals surface area contributed by atoms with Gasteiger partial charge in [-0.1, -0.05) is 30.3 Å². The molecule has 0 unspecified atom stereocenters. The van der Waals surface area contributed by atoms with Gasteiger partial charge in [-0.05, 0) is 58.7 Å². The maximum atomic E-state index is 14.4. The molecule has 4 aromatic carbocycles. The van der Waals surface area contributed by atoms with Gasteiger partial charge in [0.05, 0.1) is 10.9 Å². The highest BCUT2D eigenvalue weighted by molar-refractivity contribution is 7.90. The van der Waals surface area contributed by atoms with E-state index in [1.54, 1.807) is 30.3 Å². The Bertz CT molecular complexity index is 1540. The minimum atomic E-state index is -3.29. The minimum absolute atomic E-state index is 0.128. The van der Waals surface area contributed by atoms with Crippen LogP contribution in [0.15, 0.2) is 71.6 Å². The second kappa shape index (κ2) is 8.14. The Kier molecular flexibility index (Phi) is 5.37. The van der Waals surface area contributed by atoms with E-state index in [0.29, 0.717) is 18.2 Å². The first-order valence-corrected chi connectivity index (χ1v) is 12.4. The van der Waals surface area contributed by atoms with Gasteiger partial charge in [0.2, 0.25) is 0 Å². The largest absolute Gasteiger partial charge is 0.484 e. The molecule has 2 atom stereocenters. The van der Waals surface area contributed by atoms with Crippen LogP contribution in [0.25, 0.3) is 21.9 Å². The molecule has 5 rings (SSSR count). The lowest BCUT2D eigenvalue weighted by atomic mass is 9.89. The Morgan fingerprint density at radius 3 is 2.21 bits per heavy atom. The molecule has 0 aromatic heterocycles. The van der Waals surface area contributed by atoms with Crippen molar-refractivity contribution in [1.82, 2.24) is 0 Å². The summed E-state index contributed by atoms with van der Waals surface area (Å²) in [5.74, 6) is -2.85. The van der Waals surface area contributed by atoms with Crippen molar-refractivity contribution in [2.24, 2.45) is 5.73 Å². The topological polar surface area (TPSA) is 69.4 Å². The molecular formula is C26H20F3NO3S. The number of rotatable bonds is 3. The standard InChI is InChI=1S/C26H20F3NO3S/c1-34(31,32)17-7-4-14(5-8-17)16-3-2-15-6-9-25-19(18(15)10-16)12-24(30)26(33-25)20-11-22(28)23(29)13-21(20)27/h2-11,13,24,26H,12,30H2,1H3/t24-,26+/m1/s1. The van der Waals surface area contributed by atoms with Crippen LogP contribution in [0, 0.1) is 17.5 Å². The number of nitrogens with two attached hydrogens (primary N) is 1. The molecule has 174 valence electrons. The molecule has 1 aliphatic heterocycles. The Morgan fingerprint density at radius 1 is 0.853 bits per heavy atom. The van der Waals surface area contributed by atoms with E-state index in [4.69, 9.17) is 10.5 Å². The summed E-state index contributed by atoms with van der Waals surface area (Å²) in [6, 6.07) is 16.7. The number of sulfone groups is 1. The molecule has 1 aliphatic rings. The Hall–Kier alpha value is -3.36. The van der Waals surface area contributed by atoms with Crippen molar-refractivity contribution in [3.05, 3.63) is 95.3 Å². The molecule has 8 heteroatoms. The summed E-state index contributed by atoms with van der Waals surface area (Å²) < 4.78 is 71.0. The zero-order valence-corrected chi connectivity index (χ0v) is 18.9. The molecule has 0 saturated carbocycles. The fraction of sp³-hybridized carbons (Fsp3) is 0.154. The molecule has 4 aromatic rings. The van der Waals surface area contributed by atoms with Gasteiger partial charge < -0.3 is 10.5 Å². The third kappa shape index (κ3) is 3.93. The lowest BCUT2D eigenvalue weighted by molar-refractivity contribution is 0.149. The lowest BCUT2D eigenvalue weighted by Gasteiger charge is -2.32. The van der Waals surface area contributed by atoms with Gasteiger partial charge in [-0.25, -0.2) is 21.6 Å². The average Bonchev–Trinajstić information content (AvgIpc) is 2.80. The van der Waals surface area contributed by atoms with Gasteiger partial charge in [-0.15, -0.1) is 0 Å². The second-order valence-corrected chi connectivity index (χ2v) is 10.5. The monoisotopic (exact) mass is 483 g/mol. The quantitative estimate of drug-likeness (QED) is 0.400. The normalized spacial score (nSPS) is 17.9. The van der Waals surface area contributed by atoms with E-state index < -0.39 is 39.4 Å². The molecule has 2 N–H and O–H groups in total. The summed E-state index contributed by atoms with van der Waals surface area (Å²) >= 11 is 0. The molecule has 0 fully saturated rings. The van der Waals surface area contributed by atoms with Crippen LogP contribution < -0.4 is 10.5 Å². The number of benzene rings is 4. The Labute approximate surface area is 194 Å². The van der Waals surface area contributed by atoms with Crippen LogP contribution in [0.4, 0.5) is 13.2 Å². The Morgan fingerprint density at radius 2 is 1.50 bits per heavy atom. The van der Waals surface area contributed by atoms with Crippen molar-refractivity contribution in [3.8, 4) is 16.9 Å². The first-order chi connectivity index (χ1) is 16.1. The van der Waals surface area contributed by atoms with Crippen molar-refractivity contribution in [2.75, 3.05) is 6.26 Å². The van der Waals surface area contributed by atoms with Crippen LogP contribution >= 0.6 is 0 Å². The molecular weight excluding hydrogens is 463 g/mol. The third-order valence-electron chi connectivity index (χ3n) is 6.13. The zero-order valence-electron chi connectivity index (χ0n) is 18.1.